The number of amides is 1. The highest BCUT2D eigenvalue weighted by Gasteiger charge is 2.17. The molecule has 1 aliphatic heterocycles. The first-order valence-electron chi connectivity index (χ1n) is 7.32. The van der Waals surface area contributed by atoms with E-state index in [1.54, 1.807) is 0 Å². The smallest absolute Gasteiger partial charge is 0.220 e. The van der Waals surface area contributed by atoms with Crippen molar-refractivity contribution in [3.05, 3.63) is 0 Å². The molecule has 1 amide bonds. The third-order valence-electron chi connectivity index (χ3n) is 4.30. The fourth-order valence-corrected chi connectivity index (χ4v) is 3.07. The highest BCUT2D eigenvalue weighted by Crippen LogP contribution is 2.28. The van der Waals surface area contributed by atoms with Crippen LogP contribution in [-0.2, 0) is 4.79 Å². The van der Waals surface area contributed by atoms with Crippen molar-refractivity contribution >= 4 is 5.91 Å². The Hall–Kier alpha value is -0.570. The molecule has 1 aliphatic carbocycles. The van der Waals surface area contributed by atoms with Gasteiger partial charge in [-0.2, -0.15) is 0 Å². The molecule has 0 spiro atoms. The lowest BCUT2D eigenvalue weighted by atomic mass is 9.98. The summed E-state index contributed by atoms with van der Waals surface area (Å²) in [6, 6.07) is 0. The van der Waals surface area contributed by atoms with Crippen LogP contribution < -0.4 is 10.6 Å². The van der Waals surface area contributed by atoms with Gasteiger partial charge in [0.1, 0.15) is 0 Å². The molecule has 17 heavy (non-hydrogen) atoms. The summed E-state index contributed by atoms with van der Waals surface area (Å²) in [5, 5.41) is 6.46. The van der Waals surface area contributed by atoms with Crippen molar-refractivity contribution in [2.45, 2.75) is 51.4 Å². The largest absolute Gasteiger partial charge is 0.356 e. The summed E-state index contributed by atoms with van der Waals surface area (Å²) in [7, 11) is 0. The van der Waals surface area contributed by atoms with E-state index in [2.05, 4.69) is 10.6 Å². The van der Waals surface area contributed by atoms with E-state index in [-0.39, 0.29) is 5.91 Å². The zero-order valence-electron chi connectivity index (χ0n) is 10.8. The Morgan fingerprint density at radius 3 is 2.47 bits per heavy atom. The van der Waals surface area contributed by atoms with Crippen LogP contribution in [0.25, 0.3) is 0 Å². The highest BCUT2D eigenvalue weighted by atomic mass is 16.1. The SMILES string of the molecule is O=C(CCC1CCCC1)NCC1CCNCC1. The van der Waals surface area contributed by atoms with E-state index in [1.165, 1.54) is 38.5 Å². The molecule has 98 valence electrons. The second-order valence-electron chi connectivity index (χ2n) is 5.69. The summed E-state index contributed by atoms with van der Waals surface area (Å²) in [5.41, 5.74) is 0. The molecule has 2 fully saturated rings. The first kappa shape index (κ1) is 12.9. The molecule has 0 radical (unpaired) electrons. The van der Waals surface area contributed by atoms with Gasteiger partial charge < -0.3 is 10.6 Å². The Labute approximate surface area is 105 Å². The molecule has 0 atom stereocenters. The maximum Gasteiger partial charge on any atom is 0.220 e. The third-order valence-corrected chi connectivity index (χ3v) is 4.30. The Bertz CT molecular complexity index is 230. The zero-order chi connectivity index (χ0) is 11.9. The van der Waals surface area contributed by atoms with E-state index >= 15 is 0 Å². The number of carbonyl (C=O) groups excluding carboxylic acids is 1. The van der Waals surface area contributed by atoms with E-state index in [9.17, 15) is 4.79 Å². The van der Waals surface area contributed by atoms with Crippen LogP contribution in [0.2, 0.25) is 0 Å². The number of piperidine rings is 1. The number of carbonyl (C=O) groups is 1. The summed E-state index contributed by atoms with van der Waals surface area (Å²) < 4.78 is 0. The number of hydrogen-bond donors (Lipinski definition) is 2. The van der Waals surface area contributed by atoms with Crippen molar-refractivity contribution < 1.29 is 4.79 Å². The predicted octanol–water partition coefficient (Wildman–Crippen LogP) is 2.07. The van der Waals surface area contributed by atoms with Crippen molar-refractivity contribution in [1.82, 2.24) is 10.6 Å². The first-order valence-corrected chi connectivity index (χ1v) is 7.32. The minimum Gasteiger partial charge on any atom is -0.356 e. The van der Waals surface area contributed by atoms with Crippen LogP contribution in [0.15, 0.2) is 0 Å². The lowest BCUT2D eigenvalue weighted by Gasteiger charge is -2.22. The molecule has 0 bridgehead atoms. The van der Waals surface area contributed by atoms with Crippen LogP contribution in [0.5, 0.6) is 0 Å². The van der Waals surface area contributed by atoms with E-state index in [1.807, 2.05) is 0 Å². The van der Waals surface area contributed by atoms with Crippen LogP contribution >= 0.6 is 0 Å². The monoisotopic (exact) mass is 238 g/mol. The molecule has 2 rings (SSSR count). The maximum absolute atomic E-state index is 11.7. The van der Waals surface area contributed by atoms with Gasteiger partial charge in [0.15, 0.2) is 0 Å². The topological polar surface area (TPSA) is 41.1 Å². The van der Waals surface area contributed by atoms with E-state index < -0.39 is 0 Å². The summed E-state index contributed by atoms with van der Waals surface area (Å²) >= 11 is 0. The van der Waals surface area contributed by atoms with Gasteiger partial charge >= 0.3 is 0 Å². The van der Waals surface area contributed by atoms with Gasteiger partial charge in [0, 0.05) is 13.0 Å². The average molecular weight is 238 g/mol. The summed E-state index contributed by atoms with van der Waals surface area (Å²) in [5.74, 6) is 1.81. The van der Waals surface area contributed by atoms with Crippen molar-refractivity contribution in [2.75, 3.05) is 19.6 Å². The molecular weight excluding hydrogens is 212 g/mol. The van der Waals surface area contributed by atoms with Crippen LogP contribution in [0.1, 0.15) is 51.4 Å². The minimum absolute atomic E-state index is 0.274. The van der Waals surface area contributed by atoms with Gasteiger partial charge in [0.2, 0.25) is 5.91 Å². The van der Waals surface area contributed by atoms with Gasteiger partial charge in [-0.05, 0) is 44.2 Å². The van der Waals surface area contributed by atoms with Crippen molar-refractivity contribution in [2.24, 2.45) is 11.8 Å². The minimum atomic E-state index is 0.274. The summed E-state index contributed by atoms with van der Waals surface area (Å²) in [6.45, 7) is 3.12. The average Bonchev–Trinajstić information content (AvgIpc) is 2.88. The Morgan fingerprint density at radius 2 is 1.76 bits per heavy atom. The van der Waals surface area contributed by atoms with Gasteiger partial charge in [0.05, 0.1) is 0 Å². The number of hydrogen-bond acceptors (Lipinski definition) is 2. The Kier molecular flexibility index (Phi) is 5.30. The van der Waals surface area contributed by atoms with Gasteiger partial charge in [-0.1, -0.05) is 25.7 Å². The molecule has 2 N–H and O–H groups in total. The summed E-state index contributed by atoms with van der Waals surface area (Å²) in [4.78, 5) is 11.7. The molecule has 3 heteroatoms. The molecule has 3 nitrogen and oxygen atoms in total. The zero-order valence-corrected chi connectivity index (χ0v) is 10.8. The number of nitrogens with one attached hydrogen (secondary N) is 2. The van der Waals surface area contributed by atoms with Crippen molar-refractivity contribution in [3.63, 3.8) is 0 Å². The lowest BCUT2D eigenvalue weighted by molar-refractivity contribution is -0.121. The second kappa shape index (κ2) is 7.00. The summed E-state index contributed by atoms with van der Waals surface area (Å²) in [6.07, 6.45) is 9.73. The Balaban J connectivity index is 1.53. The molecular formula is C14H26N2O. The van der Waals surface area contributed by atoms with Gasteiger partial charge in [-0.3, -0.25) is 4.79 Å². The van der Waals surface area contributed by atoms with Crippen LogP contribution in [0, 0.1) is 11.8 Å². The third kappa shape index (κ3) is 4.66. The van der Waals surface area contributed by atoms with Gasteiger partial charge in [-0.25, -0.2) is 0 Å². The van der Waals surface area contributed by atoms with E-state index in [0.29, 0.717) is 5.92 Å². The lowest BCUT2D eigenvalue weighted by Crippen LogP contribution is -2.35. The predicted molar refractivity (Wildman–Crippen MR) is 69.8 cm³/mol. The van der Waals surface area contributed by atoms with Crippen LogP contribution in [-0.4, -0.2) is 25.5 Å². The molecule has 1 heterocycles. The normalized spacial score (nSPS) is 22.8. The molecule has 0 unspecified atom stereocenters. The molecule has 0 aromatic heterocycles. The molecule has 1 saturated carbocycles. The fourth-order valence-electron chi connectivity index (χ4n) is 3.07. The number of rotatable bonds is 5. The van der Waals surface area contributed by atoms with Gasteiger partial charge in [-0.15, -0.1) is 0 Å². The van der Waals surface area contributed by atoms with Crippen molar-refractivity contribution in [3.8, 4) is 0 Å². The van der Waals surface area contributed by atoms with E-state index in [4.69, 9.17) is 0 Å². The molecule has 0 aromatic rings. The molecule has 0 aromatic carbocycles. The second-order valence-corrected chi connectivity index (χ2v) is 5.69. The van der Waals surface area contributed by atoms with Crippen LogP contribution in [0.4, 0.5) is 0 Å². The Morgan fingerprint density at radius 1 is 1.06 bits per heavy atom. The van der Waals surface area contributed by atoms with Crippen LogP contribution in [0.3, 0.4) is 0 Å². The molecule has 1 saturated heterocycles. The van der Waals surface area contributed by atoms with Gasteiger partial charge in [0.25, 0.3) is 0 Å². The standard InChI is InChI=1S/C14H26N2O/c17-14(6-5-12-3-1-2-4-12)16-11-13-7-9-15-10-8-13/h12-13,15H,1-11H2,(H,16,17). The van der Waals surface area contributed by atoms with E-state index in [0.717, 1.165) is 38.4 Å². The first-order chi connectivity index (χ1) is 8.34. The fraction of sp³-hybridized carbons (Fsp3) is 0.929. The van der Waals surface area contributed by atoms with Crippen molar-refractivity contribution in [1.29, 1.82) is 0 Å². The quantitative estimate of drug-likeness (QED) is 0.770. The highest BCUT2D eigenvalue weighted by molar-refractivity contribution is 5.75. The molecule has 2 aliphatic rings. The maximum atomic E-state index is 11.7.